The van der Waals surface area contributed by atoms with E-state index < -0.39 is 0 Å². The molecule has 1 aromatic carbocycles. The number of hydrogen-bond acceptors (Lipinski definition) is 5. The van der Waals surface area contributed by atoms with Gasteiger partial charge in [-0.05, 0) is 0 Å². The number of Topliss-reactive ketones (excluding diaryl/α,β-unsaturated/α-hetero) is 1. The second-order valence-corrected chi connectivity index (χ2v) is 8.37. The van der Waals surface area contributed by atoms with Crippen LogP contribution in [0.5, 0.6) is 0 Å². The van der Waals surface area contributed by atoms with Crippen LogP contribution in [0, 0.1) is 0 Å². The number of benzene rings is 1. The van der Waals surface area contributed by atoms with Crippen molar-refractivity contribution in [3.8, 4) is 11.3 Å². The van der Waals surface area contributed by atoms with Crippen molar-refractivity contribution in [3.05, 3.63) is 28.8 Å². The fourth-order valence-corrected chi connectivity index (χ4v) is 6.12. The maximum absolute atomic E-state index is 11.9. The molecule has 90 valence electrons. The van der Waals surface area contributed by atoms with Gasteiger partial charge in [-0.1, -0.05) is 0 Å². The Labute approximate surface area is 119 Å². The Hall–Kier alpha value is -0.551. The Morgan fingerprint density at radius 3 is 2.89 bits per heavy atom. The second kappa shape index (κ2) is 4.23. The summed E-state index contributed by atoms with van der Waals surface area (Å²) in [5.74, 6) is 2.81. The van der Waals surface area contributed by atoms with E-state index in [-0.39, 0.29) is 20.5 Å². The molecule has 3 heterocycles. The van der Waals surface area contributed by atoms with E-state index in [4.69, 9.17) is 0 Å². The molecule has 3 nitrogen and oxygen atoms in total. The number of thioether (sulfide) groups is 2. The molecule has 0 radical (unpaired) electrons. The fourth-order valence-electron chi connectivity index (χ4n) is 2.41. The summed E-state index contributed by atoms with van der Waals surface area (Å²) >= 11 is 3.75. The normalized spacial score (nSPS) is 17.0. The summed E-state index contributed by atoms with van der Waals surface area (Å²) in [5, 5.41) is 4.29. The van der Waals surface area contributed by atoms with E-state index in [0.717, 1.165) is 22.8 Å². The van der Waals surface area contributed by atoms with Crippen molar-refractivity contribution in [2.45, 2.75) is 15.3 Å². The third-order valence-corrected chi connectivity index (χ3v) is 7.34. The molecule has 6 heteroatoms. The molecule has 0 aliphatic carbocycles. The van der Waals surface area contributed by atoms with Gasteiger partial charge in [0.1, 0.15) is 0 Å². The van der Waals surface area contributed by atoms with Gasteiger partial charge in [-0.3, -0.25) is 0 Å². The monoisotopic (exact) mass is 340 g/mol. The van der Waals surface area contributed by atoms with Crippen molar-refractivity contribution < 1.29 is 4.79 Å². The quantitative estimate of drug-likeness (QED) is 0.689. The number of fused-ring (bicyclic) bond motifs is 5. The zero-order valence-corrected chi connectivity index (χ0v) is 12.6. The molecule has 0 amide bonds. The Morgan fingerprint density at radius 2 is 1.94 bits per heavy atom. The summed E-state index contributed by atoms with van der Waals surface area (Å²) < 4.78 is 5.51. The zero-order valence-electron chi connectivity index (χ0n) is 9.30. The number of rotatable bonds is 0. The van der Waals surface area contributed by atoms with Gasteiger partial charge in [0.25, 0.3) is 0 Å². The first kappa shape index (κ1) is 11.3. The first-order chi connectivity index (χ1) is 8.84. The average Bonchev–Trinajstić information content (AvgIpc) is 2.87. The molecule has 0 unspecified atom stereocenters. The van der Waals surface area contributed by atoms with Crippen LogP contribution >= 0.6 is 23.5 Å². The van der Waals surface area contributed by atoms with Crippen LogP contribution in [0.3, 0.4) is 0 Å². The van der Waals surface area contributed by atoms with Crippen molar-refractivity contribution in [2.24, 2.45) is 0 Å². The van der Waals surface area contributed by atoms with Crippen molar-refractivity contribution >= 4 is 44.0 Å². The van der Waals surface area contributed by atoms with Crippen LogP contribution in [-0.2, 0) is 11.5 Å². The van der Waals surface area contributed by atoms with Crippen LogP contribution in [0.1, 0.15) is 21.5 Å². The summed E-state index contributed by atoms with van der Waals surface area (Å²) in [7, 11) is 0. The maximum atomic E-state index is 11.9. The third kappa shape index (κ3) is 1.56. The number of aromatic nitrogens is 2. The standard InChI is InChI=1S/C12H8N2OS2Se/c15-10-5-16-3-8-6(10)1-2-7-9(8)4-17-12-11(7)13-14-18-12/h1-2H,3-5H2. The Kier molecular flexibility index (Phi) is 2.66. The molecule has 0 fully saturated rings. The van der Waals surface area contributed by atoms with E-state index in [0.29, 0.717) is 5.75 Å². The van der Waals surface area contributed by atoms with Crippen molar-refractivity contribution in [1.82, 2.24) is 9.19 Å². The van der Waals surface area contributed by atoms with Crippen molar-refractivity contribution in [3.63, 3.8) is 0 Å². The predicted molar refractivity (Wildman–Crippen MR) is 74.5 cm³/mol. The minimum absolute atomic E-state index is 0.179. The first-order valence-electron chi connectivity index (χ1n) is 5.56. The minimum atomic E-state index is 0.179. The molecule has 0 saturated heterocycles. The Balaban J connectivity index is 1.98. The topological polar surface area (TPSA) is 42.9 Å². The average molecular weight is 339 g/mol. The molecule has 1 aromatic heterocycles. The van der Waals surface area contributed by atoms with Crippen LogP contribution in [0.15, 0.2) is 15.9 Å². The number of ketones is 1. The molecular weight excluding hydrogens is 331 g/mol. The van der Waals surface area contributed by atoms with Crippen molar-refractivity contribution in [2.75, 3.05) is 5.75 Å². The van der Waals surface area contributed by atoms with Crippen LogP contribution in [0.2, 0.25) is 0 Å². The Bertz CT molecular complexity index is 668. The van der Waals surface area contributed by atoms with Crippen molar-refractivity contribution in [1.29, 1.82) is 0 Å². The summed E-state index contributed by atoms with van der Waals surface area (Å²) in [6.45, 7) is 0. The summed E-state index contributed by atoms with van der Waals surface area (Å²) in [4.78, 5) is 11.9. The molecule has 0 saturated carbocycles. The van der Waals surface area contributed by atoms with E-state index >= 15 is 0 Å². The molecule has 0 bridgehead atoms. The zero-order chi connectivity index (χ0) is 12.1. The summed E-state index contributed by atoms with van der Waals surface area (Å²) in [6.07, 6.45) is 0. The first-order valence-corrected chi connectivity index (χ1v) is 9.32. The van der Waals surface area contributed by atoms with E-state index in [9.17, 15) is 4.79 Å². The molecule has 18 heavy (non-hydrogen) atoms. The van der Waals surface area contributed by atoms with E-state index in [1.807, 2.05) is 17.8 Å². The van der Waals surface area contributed by atoms with E-state index in [2.05, 4.69) is 15.3 Å². The number of carbonyl (C=O) groups is 1. The van der Waals surface area contributed by atoms with Gasteiger partial charge in [-0.2, -0.15) is 0 Å². The number of nitrogens with zero attached hydrogens (tertiary/aromatic N) is 2. The van der Waals surface area contributed by atoms with Gasteiger partial charge in [0, 0.05) is 0 Å². The molecule has 2 aromatic rings. The van der Waals surface area contributed by atoms with Crippen LogP contribution in [0.4, 0.5) is 0 Å². The summed E-state index contributed by atoms with van der Waals surface area (Å²) in [6, 6.07) is 4.05. The Morgan fingerprint density at radius 1 is 1.11 bits per heavy atom. The molecule has 2 aliphatic rings. The van der Waals surface area contributed by atoms with Crippen LogP contribution < -0.4 is 0 Å². The second-order valence-electron chi connectivity index (χ2n) is 4.23. The van der Waals surface area contributed by atoms with Gasteiger partial charge < -0.3 is 0 Å². The fraction of sp³-hybridized carbons (Fsp3) is 0.250. The molecule has 0 spiro atoms. The van der Waals surface area contributed by atoms with Gasteiger partial charge in [0.2, 0.25) is 0 Å². The number of carbonyl (C=O) groups excluding carboxylic acids is 1. The third-order valence-electron chi connectivity index (χ3n) is 3.27. The van der Waals surface area contributed by atoms with Crippen LogP contribution in [0.25, 0.3) is 11.3 Å². The molecule has 0 atom stereocenters. The molecule has 4 rings (SSSR count). The molecule has 0 N–H and O–H groups in total. The number of hydrogen-bond donors (Lipinski definition) is 0. The molecule has 2 aliphatic heterocycles. The van der Waals surface area contributed by atoms with Gasteiger partial charge in [-0.25, -0.2) is 0 Å². The van der Waals surface area contributed by atoms with Crippen LogP contribution in [-0.4, -0.2) is 35.5 Å². The predicted octanol–water partition coefficient (Wildman–Crippen LogP) is 2.24. The van der Waals surface area contributed by atoms with Gasteiger partial charge >= 0.3 is 119 Å². The SMILES string of the molecule is O=C1CSCc2c1ccc1c2CSc2[se]nnc2-1. The van der Waals surface area contributed by atoms with E-state index in [1.165, 1.54) is 20.5 Å². The summed E-state index contributed by atoms with van der Waals surface area (Å²) in [5.41, 5.74) is 5.75. The van der Waals surface area contributed by atoms with Gasteiger partial charge in [-0.15, -0.1) is 0 Å². The van der Waals surface area contributed by atoms with Gasteiger partial charge in [0.05, 0.1) is 0 Å². The van der Waals surface area contributed by atoms with Gasteiger partial charge in [0.15, 0.2) is 0 Å². The van der Waals surface area contributed by atoms with E-state index in [1.54, 1.807) is 11.8 Å². The molecular formula is C12H8N2OS2Se.